The van der Waals surface area contributed by atoms with Crippen LogP contribution in [0.4, 0.5) is 0 Å². The van der Waals surface area contributed by atoms with Gasteiger partial charge in [-0.3, -0.25) is 0 Å². The number of benzene rings is 5. The van der Waals surface area contributed by atoms with Crippen LogP contribution in [0.3, 0.4) is 0 Å². The third-order valence-corrected chi connectivity index (χ3v) is 11.9. The molecule has 8 rings (SSSR count). The van der Waals surface area contributed by atoms with Crippen LogP contribution in [0.25, 0.3) is 43.4 Å². The monoisotopic (exact) mass is 755 g/mol. The minimum Gasteiger partial charge on any atom is -0.246 e. The molecule has 0 atom stereocenters. The predicted molar refractivity (Wildman–Crippen MR) is 213 cm³/mol. The molecule has 2 aliphatic rings. The van der Waals surface area contributed by atoms with Crippen molar-refractivity contribution in [2.75, 3.05) is 0 Å². The number of hydrogen-bond donors (Lipinski definition) is 0. The van der Waals surface area contributed by atoms with Crippen molar-refractivity contribution in [1.29, 1.82) is 5.26 Å². The first-order valence-corrected chi connectivity index (χ1v) is 18.6. The van der Waals surface area contributed by atoms with Crippen LogP contribution in [0.15, 0.2) is 168 Å². The standard InChI is InChI=1S/C44H30IN5/c46-29-30-14-13-23-37(28-30)41-39(45-38(31-15-5-1-6-16-31)40(47-41)33-17-7-2-8-18-33)32-24-26-36(27-25-32)44-49-42(34-19-9-3-10-20-34)48-43(50-44)35-21-11-4-12-22-35/h1-7,9-17,19-28H,8,18H2. The fourth-order valence-corrected chi connectivity index (χ4v) is 9.30. The predicted octanol–water partition coefficient (Wildman–Crippen LogP) is 10.5. The Morgan fingerprint density at radius 2 is 1.10 bits per heavy atom. The third kappa shape index (κ3) is 6.56. The van der Waals surface area contributed by atoms with Crippen LogP contribution in [-0.4, -0.2) is 24.2 Å². The number of nitrogens with zero attached hydrogens (tertiary/aromatic N) is 5. The number of hydrogen-bond acceptors (Lipinski definition) is 5. The lowest BCUT2D eigenvalue weighted by Gasteiger charge is -2.23. The maximum absolute atomic E-state index is 9.78. The number of aromatic nitrogens is 3. The molecule has 0 spiro atoms. The van der Waals surface area contributed by atoms with Crippen LogP contribution in [0, 0.1) is 11.3 Å². The van der Waals surface area contributed by atoms with Crippen LogP contribution >= 0.6 is 20.7 Å². The smallest absolute Gasteiger partial charge is 0.164 e. The Morgan fingerprint density at radius 1 is 0.560 bits per heavy atom. The van der Waals surface area contributed by atoms with E-state index in [-0.39, 0.29) is 0 Å². The summed E-state index contributed by atoms with van der Waals surface area (Å²) in [4.78, 5) is 20.2. The third-order valence-electron chi connectivity index (χ3n) is 8.53. The van der Waals surface area contributed by atoms with Crippen molar-refractivity contribution in [2.24, 2.45) is 4.99 Å². The fraction of sp³-hybridized carbons (Fsp3) is 0.0455. The van der Waals surface area contributed by atoms with Gasteiger partial charge < -0.3 is 0 Å². The Labute approximate surface area is 301 Å². The first-order valence-electron chi connectivity index (χ1n) is 16.5. The summed E-state index contributed by atoms with van der Waals surface area (Å²) in [6.07, 6.45) is 8.51. The highest BCUT2D eigenvalue weighted by Crippen LogP contribution is 2.43. The molecule has 1 aliphatic heterocycles. The zero-order valence-electron chi connectivity index (χ0n) is 27.0. The normalized spacial score (nSPS) is 14.2. The van der Waals surface area contributed by atoms with Crippen molar-refractivity contribution in [3.8, 4) is 40.2 Å². The second-order valence-corrected chi connectivity index (χ2v) is 14.6. The largest absolute Gasteiger partial charge is 0.246 e. The summed E-state index contributed by atoms with van der Waals surface area (Å²) in [6, 6.07) is 49.4. The van der Waals surface area contributed by atoms with Gasteiger partial charge in [0.1, 0.15) is 0 Å². The van der Waals surface area contributed by atoms with E-state index in [2.05, 4.69) is 85.0 Å². The quantitative estimate of drug-likeness (QED) is 0.152. The Morgan fingerprint density at radius 3 is 1.66 bits per heavy atom. The van der Waals surface area contributed by atoms with Crippen LogP contribution in [0.1, 0.15) is 35.1 Å². The second kappa shape index (κ2) is 14.3. The Balaban J connectivity index is 1.28. The van der Waals surface area contributed by atoms with E-state index in [0.29, 0.717) is 23.0 Å². The van der Waals surface area contributed by atoms with E-state index in [1.54, 1.807) is 0 Å². The maximum Gasteiger partial charge on any atom is 0.164 e. The van der Waals surface area contributed by atoms with Crippen molar-refractivity contribution >= 4 is 39.2 Å². The lowest BCUT2D eigenvalue weighted by molar-refractivity contribution is 1.01. The first kappa shape index (κ1) is 31.4. The molecule has 0 unspecified atom stereocenters. The molecule has 0 amide bonds. The van der Waals surface area contributed by atoms with E-state index in [1.807, 2.05) is 78.9 Å². The van der Waals surface area contributed by atoms with Crippen LogP contribution in [-0.2, 0) is 0 Å². The van der Waals surface area contributed by atoms with E-state index in [1.165, 1.54) is 18.2 Å². The lowest BCUT2D eigenvalue weighted by atomic mass is 9.95. The molecule has 5 nitrogen and oxygen atoms in total. The highest BCUT2D eigenvalue weighted by Gasteiger charge is 2.25. The molecule has 50 heavy (non-hydrogen) atoms. The van der Waals surface area contributed by atoms with Crippen molar-refractivity contribution in [1.82, 2.24) is 15.0 Å². The minimum absolute atomic E-state index is 0.618. The number of aliphatic imine (C=N–C) groups is 1. The summed E-state index contributed by atoms with van der Waals surface area (Å²) >= 11 is -0.683. The molecule has 238 valence electrons. The van der Waals surface area contributed by atoms with E-state index < -0.39 is 20.7 Å². The molecule has 1 aromatic heterocycles. The molecule has 2 heterocycles. The number of nitriles is 1. The topological polar surface area (TPSA) is 74.8 Å². The summed E-state index contributed by atoms with van der Waals surface area (Å²) in [6.45, 7) is 0. The van der Waals surface area contributed by atoms with Gasteiger partial charge in [0, 0.05) is 29.3 Å². The van der Waals surface area contributed by atoms with Crippen molar-refractivity contribution < 1.29 is 0 Å². The summed E-state index contributed by atoms with van der Waals surface area (Å²) in [7, 11) is 0. The van der Waals surface area contributed by atoms with E-state index in [9.17, 15) is 5.26 Å². The SMILES string of the molecule is N#Cc1cccc(C2=C(c3ccc(-c4nc(-c5ccccc5)nc(-c5ccccc5)n4)cc3)I=C(c3ccccc3)C(C3=CC=CCC3)=N2)c1. The molecule has 0 saturated carbocycles. The second-order valence-electron chi connectivity index (χ2n) is 11.9. The average molecular weight is 756 g/mol. The maximum atomic E-state index is 9.78. The minimum atomic E-state index is -0.683. The van der Waals surface area contributed by atoms with Gasteiger partial charge in [-0.2, -0.15) is 5.26 Å². The van der Waals surface area contributed by atoms with Crippen LogP contribution in [0.5, 0.6) is 0 Å². The van der Waals surface area contributed by atoms with Gasteiger partial charge in [-0.25, -0.2) is 19.9 Å². The lowest BCUT2D eigenvalue weighted by Crippen LogP contribution is -2.19. The van der Waals surface area contributed by atoms with Crippen LogP contribution < -0.4 is 0 Å². The molecule has 0 bridgehead atoms. The highest BCUT2D eigenvalue weighted by atomic mass is 127. The molecule has 6 aromatic rings. The van der Waals surface area contributed by atoms with E-state index in [0.717, 1.165) is 52.1 Å². The number of allylic oxidation sites excluding steroid dienone is 4. The molecular formula is C44H30IN5. The first-order chi connectivity index (χ1) is 24.7. The Kier molecular flexibility index (Phi) is 8.96. The van der Waals surface area contributed by atoms with Crippen molar-refractivity contribution in [3.05, 3.63) is 186 Å². The Bertz CT molecular complexity index is 2340. The zero-order chi connectivity index (χ0) is 33.7. The van der Waals surface area contributed by atoms with Crippen molar-refractivity contribution in [2.45, 2.75) is 12.8 Å². The zero-order valence-corrected chi connectivity index (χ0v) is 29.2. The molecule has 0 saturated heterocycles. The van der Waals surface area contributed by atoms with Gasteiger partial charge in [0.25, 0.3) is 0 Å². The Hall–Kier alpha value is -5.91. The van der Waals surface area contributed by atoms with Gasteiger partial charge >= 0.3 is 0 Å². The summed E-state index contributed by atoms with van der Waals surface area (Å²) in [5, 5.41) is 9.78. The van der Waals surface area contributed by atoms with E-state index >= 15 is 0 Å². The van der Waals surface area contributed by atoms with Gasteiger partial charge in [0.2, 0.25) is 0 Å². The number of halogens is 1. The summed E-state index contributed by atoms with van der Waals surface area (Å²) < 4.78 is 2.52. The van der Waals surface area contributed by atoms with Crippen LogP contribution in [0.2, 0.25) is 0 Å². The summed E-state index contributed by atoms with van der Waals surface area (Å²) in [5.74, 6) is 1.89. The molecular weight excluding hydrogens is 725 g/mol. The molecule has 5 aromatic carbocycles. The van der Waals surface area contributed by atoms with Gasteiger partial charge in [-0.1, -0.05) is 166 Å². The molecule has 0 N–H and O–H groups in total. The fourth-order valence-electron chi connectivity index (χ4n) is 6.00. The molecule has 6 heteroatoms. The number of rotatable bonds is 7. The average Bonchev–Trinajstić information content (AvgIpc) is 3.21. The van der Waals surface area contributed by atoms with Gasteiger partial charge in [-0.15, -0.1) is 0 Å². The van der Waals surface area contributed by atoms with E-state index in [4.69, 9.17) is 19.9 Å². The van der Waals surface area contributed by atoms with Gasteiger partial charge in [-0.05, 0) is 41.7 Å². The summed E-state index contributed by atoms with van der Waals surface area (Å²) in [5.41, 5.74) is 9.93. The highest BCUT2D eigenvalue weighted by molar-refractivity contribution is 14.2. The van der Waals surface area contributed by atoms with Gasteiger partial charge in [0.15, 0.2) is 17.5 Å². The molecule has 0 fully saturated rings. The molecule has 1 aliphatic carbocycles. The van der Waals surface area contributed by atoms with Gasteiger partial charge in [0.05, 0.1) is 23.0 Å². The molecule has 0 radical (unpaired) electrons. The van der Waals surface area contributed by atoms with Crippen molar-refractivity contribution in [3.63, 3.8) is 0 Å².